The van der Waals surface area contributed by atoms with Gasteiger partial charge >= 0.3 is 5.97 Å². The molecule has 1 atom stereocenters. The Morgan fingerprint density at radius 1 is 1.12 bits per heavy atom. The van der Waals surface area contributed by atoms with Crippen molar-refractivity contribution in [2.45, 2.75) is 53.1 Å². The standard InChI is InChI=1S/C26H28ClNO5/c1-5-6-20-24(25(29)14(2)3)18-8-7-16(9-21(18)28-20)15(4)26(30)31-12-17-10-22-23(11-19(17)27)33-13-32-22/h7-11,14-15,28H,5-6,12-13H2,1-4H3. The number of carbonyl (C=O) groups excluding carboxylic acids is 2. The molecule has 174 valence electrons. The maximum atomic E-state index is 12.8. The minimum absolute atomic E-state index is 0.0388. The Bertz CT molecular complexity index is 1210. The average molecular weight is 470 g/mol. The van der Waals surface area contributed by atoms with Crippen LogP contribution in [-0.4, -0.2) is 23.5 Å². The van der Waals surface area contributed by atoms with E-state index in [2.05, 4.69) is 11.9 Å². The zero-order valence-corrected chi connectivity index (χ0v) is 20.0. The molecule has 0 fully saturated rings. The van der Waals surface area contributed by atoms with Gasteiger partial charge in [-0.15, -0.1) is 0 Å². The summed E-state index contributed by atoms with van der Waals surface area (Å²) >= 11 is 6.29. The maximum absolute atomic E-state index is 12.8. The number of hydrogen-bond donors (Lipinski definition) is 1. The number of aromatic amines is 1. The van der Waals surface area contributed by atoms with Gasteiger partial charge in [0.1, 0.15) is 6.61 Å². The zero-order chi connectivity index (χ0) is 23.7. The lowest BCUT2D eigenvalue weighted by Crippen LogP contribution is -2.13. The van der Waals surface area contributed by atoms with E-state index in [1.165, 1.54) is 0 Å². The number of hydrogen-bond acceptors (Lipinski definition) is 5. The largest absolute Gasteiger partial charge is 0.460 e. The summed E-state index contributed by atoms with van der Waals surface area (Å²) in [6, 6.07) is 9.15. The van der Waals surface area contributed by atoms with E-state index in [0.29, 0.717) is 22.1 Å². The lowest BCUT2D eigenvalue weighted by Gasteiger charge is -2.13. The quantitative estimate of drug-likeness (QED) is 0.314. The molecule has 0 saturated carbocycles. The number of rotatable bonds is 8. The van der Waals surface area contributed by atoms with Gasteiger partial charge in [-0.3, -0.25) is 9.59 Å². The predicted molar refractivity (Wildman–Crippen MR) is 127 cm³/mol. The molecule has 2 heterocycles. The van der Waals surface area contributed by atoms with E-state index < -0.39 is 5.92 Å². The summed E-state index contributed by atoms with van der Waals surface area (Å²) in [4.78, 5) is 29.0. The van der Waals surface area contributed by atoms with Crippen LogP contribution in [0.2, 0.25) is 5.02 Å². The van der Waals surface area contributed by atoms with Crippen LogP contribution in [0.25, 0.3) is 10.9 Å². The van der Waals surface area contributed by atoms with Crippen LogP contribution >= 0.6 is 11.6 Å². The number of ether oxygens (including phenoxy) is 3. The average Bonchev–Trinajstić information content (AvgIpc) is 3.39. The van der Waals surface area contributed by atoms with Gasteiger partial charge in [0.2, 0.25) is 6.79 Å². The predicted octanol–water partition coefficient (Wildman–Crippen LogP) is 6.19. The second-order valence-corrected chi connectivity index (χ2v) is 9.09. The van der Waals surface area contributed by atoms with Crippen molar-refractivity contribution in [2.75, 3.05) is 6.79 Å². The molecule has 3 aromatic rings. The van der Waals surface area contributed by atoms with E-state index in [-0.39, 0.29) is 31.1 Å². The molecular weight excluding hydrogens is 442 g/mol. The molecule has 0 saturated heterocycles. The van der Waals surface area contributed by atoms with Gasteiger partial charge < -0.3 is 19.2 Å². The normalized spacial score (nSPS) is 13.5. The molecular formula is C26H28ClNO5. The molecule has 0 aliphatic carbocycles. The number of aryl methyl sites for hydroxylation is 1. The summed E-state index contributed by atoms with van der Waals surface area (Å²) in [6.07, 6.45) is 1.73. The number of H-pyrrole nitrogens is 1. The van der Waals surface area contributed by atoms with E-state index in [9.17, 15) is 9.59 Å². The molecule has 1 N–H and O–H groups in total. The first-order valence-corrected chi connectivity index (χ1v) is 11.6. The number of benzene rings is 2. The fourth-order valence-electron chi connectivity index (χ4n) is 4.03. The molecule has 0 radical (unpaired) electrons. The summed E-state index contributed by atoms with van der Waals surface area (Å²) in [7, 11) is 0. The van der Waals surface area contributed by atoms with Crippen molar-refractivity contribution in [3.63, 3.8) is 0 Å². The summed E-state index contributed by atoms with van der Waals surface area (Å²) in [5.74, 6) is 0.374. The molecule has 1 aliphatic rings. The number of nitrogens with one attached hydrogen (secondary N) is 1. The lowest BCUT2D eigenvalue weighted by atomic mass is 9.94. The topological polar surface area (TPSA) is 77.6 Å². The second kappa shape index (κ2) is 9.48. The molecule has 1 aromatic heterocycles. The highest BCUT2D eigenvalue weighted by Gasteiger charge is 2.23. The van der Waals surface area contributed by atoms with Crippen molar-refractivity contribution in [2.24, 2.45) is 5.92 Å². The molecule has 7 heteroatoms. The Labute approximate surface area is 198 Å². The molecule has 1 aliphatic heterocycles. The molecule has 1 unspecified atom stereocenters. The number of ketones is 1. The Balaban J connectivity index is 1.53. The highest BCUT2D eigenvalue weighted by Crippen LogP contribution is 2.37. The van der Waals surface area contributed by atoms with E-state index >= 15 is 0 Å². The van der Waals surface area contributed by atoms with Gasteiger partial charge in [-0.2, -0.15) is 0 Å². The van der Waals surface area contributed by atoms with Crippen LogP contribution in [0, 0.1) is 5.92 Å². The van der Waals surface area contributed by atoms with Crippen LogP contribution in [0.15, 0.2) is 30.3 Å². The number of esters is 1. The maximum Gasteiger partial charge on any atom is 0.313 e. The highest BCUT2D eigenvalue weighted by molar-refractivity contribution is 6.31. The third-order valence-electron chi connectivity index (χ3n) is 5.94. The van der Waals surface area contributed by atoms with Crippen LogP contribution in [0.5, 0.6) is 11.5 Å². The van der Waals surface area contributed by atoms with Gasteiger partial charge in [0.05, 0.1) is 10.9 Å². The van der Waals surface area contributed by atoms with E-state index in [0.717, 1.165) is 40.6 Å². The second-order valence-electron chi connectivity index (χ2n) is 8.68. The number of Topliss-reactive ketones (excluding diaryl/α,β-unsaturated/α-hetero) is 1. The first kappa shape index (κ1) is 23.2. The fourth-order valence-corrected chi connectivity index (χ4v) is 4.24. The van der Waals surface area contributed by atoms with Gasteiger partial charge in [0.15, 0.2) is 17.3 Å². The Morgan fingerprint density at radius 2 is 1.85 bits per heavy atom. The number of fused-ring (bicyclic) bond motifs is 2. The molecule has 4 rings (SSSR count). The highest BCUT2D eigenvalue weighted by atomic mass is 35.5. The van der Waals surface area contributed by atoms with Gasteiger partial charge in [0.25, 0.3) is 0 Å². The molecule has 0 spiro atoms. The summed E-state index contributed by atoms with van der Waals surface area (Å²) in [6.45, 7) is 7.91. The minimum atomic E-state index is -0.482. The van der Waals surface area contributed by atoms with Crippen LogP contribution in [0.1, 0.15) is 67.2 Å². The van der Waals surface area contributed by atoms with E-state index in [1.54, 1.807) is 19.1 Å². The SMILES string of the molecule is CCCc1[nH]c2cc(C(C)C(=O)OCc3cc4c(cc3Cl)OCO4)ccc2c1C(=O)C(C)C. The van der Waals surface area contributed by atoms with E-state index in [4.69, 9.17) is 25.8 Å². The molecule has 33 heavy (non-hydrogen) atoms. The van der Waals surface area contributed by atoms with Crippen LogP contribution < -0.4 is 9.47 Å². The molecule has 0 amide bonds. The third kappa shape index (κ3) is 4.58. The van der Waals surface area contributed by atoms with Crippen molar-refractivity contribution < 1.29 is 23.8 Å². The van der Waals surface area contributed by atoms with Crippen molar-refractivity contribution in [1.82, 2.24) is 4.98 Å². The third-order valence-corrected chi connectivity index (χ3v) is 6.29. The number of aromatic nitrogens is 1. The Hall–Kier alpha value is -2.99. The molecule has 0 bridgehead atoms. The molecule has 2 aromatic carbocycles. The van der Waals surface area contributed by atoms with Crippen molar-refractivity contribution in [3.8, 4) is 11.5 Å². The smallest absolute Gasteiger partial charge is 0.313 e. The van der Waals surface area contributed by atoms with Crippen molar-refractivity contribution in [3.05, 3.63) is 57.7 Å². The van der Waals surface area contributed by atoms with Crippen molar-refractivity contribution in [1.29, 1.82) is 0 Å². The van der Waals surface area contributed by atoms with Gasteiger partial charge in [-0.25, -0.2) is 0 Å². The van der Waals surface area contributed by atoms with Crippen LogP contribution in [0.4, 0.5) is 0 Å². The van der Waals surface area contributed by atoms with E-state index in [1.807, 2.05) is 32.0 Å². The summed E-state index contributed by atoms with van der Waals surface area (Å²) in [5, 5.41) is 1.35. The first-order valence-electron chi connectivity index (χ1n) is 11.2. The Kier molecular flexibility index (Phi) is 6.66. The number of halogens is 1. The fraction of sp³-hybridized carbons (Fsp3) is 0.385. The monoisotopic (exact) mass is 469 g/mol. The van der Waals surface area contributed by atoms with Gasteiger partial charge in [0, 0.05) is 39.7 Å². The van der Waals surface area contributed by atoms with Crippen molar-refractivity contribution >= 4 is 34.3 Å². The zero-order valence-electron chi connectivity index (χ0n) is 19.3. The van der Waals surface area contributed by atoms with Gasteiger partial charge in [-0.1, -0.05) is 50.9 Å². The summed E-state index contributed by atoms with van der Waals surface area (Å²) < 4.78 is 16.2. The molecule has 6 nitrogen and oxygen atoms in total. The van der Waals surface area contributed by atoms with Gasteiger partial charge in [-0.05, 0) is 31.0 Å². The lowest BCUT2D eigenvalue weighted by molar-refractivity contribution is -0.146. The number of carbonyl (C=O) groups is 2. The van der Waals surface area contributed by atoms with Crippen LogP contribution in [-0.2, 0) is 22.6 Å². The minimum Gasteiger partial charge on any atom is -0.460 e. The summed E-state index contributed by atoms with van der Waals surface area (Å²) in [5.41, 5.74) is 4.05. The van der Waals surface area contributed by atoms with Crippen LogP contribution in [0.3, 0.4) is 0 Å². The first-order chi connectivity index (χ1) is 15.8. The Morgan fingerprint density at radius 3 is 2.55 bits per heavy atom.